The molecule has 2 aromatic rings. The fourth-order valence-corrected chi connectivity index (χ4v) is 4.59. The summed E-state index contributed by atoms with van der Waals surface area (Å²) in [4.78, 5) is 37.3. The monoisotopic (exact) mass is 429 g/mol. The van der Waals surface area contributed by atoms with Crippen molar-refractivity contribution in [2.45, 2.75) is 42.7 Å². The molecule has 0 saturated heterocycles. The molecule has 11 heteroatoms. The minimum absolute atomic E-state index is 0.0377. The lowest BCUT2D eigenvalue weighted by molar-refractivity contribution is -0.112. The van der Waals surface area contributed by atoms with Crippen molar-refractivity contribution in [3.63, 3.8) is 0 Å². The van der Waals surface area contributed by atoms with E-state index in [4.69, 9.17) is 5.26 Å². The zero-order valence-corrected chi connectivity index (χ0v) is 16.7. The summed E-state index contributed by atoms with van der Waals surface area (Å²) in [5.41, 5.74) is -0.229. The van der Waals surface area contributed by atoms with Crippen LogP contribution >= 0.6 is 0 Å². The molecule has 0 atom stereocenters. The van der Waals surface area contributed by atoms with E-state index in [1.54, 1.807) is 0 Å². The van der Waals surface area contributed by atoms with Gasteiger partial charge in [-0.3, -0.25) is 19.6 Å². The molecule has 1 amide bonds. The van der Waals surface area contributed by atoms with Crippen LogP contribution in [0.25, 0.3) is 10.9 Å². The van der Waals surface area contributed by atoms with E-state index < -0.39 is 32.7 Å². The van der Waals surface area contributed by atoms with Crippen molar-refractivity contribution in [2.75, 3.05) is 5.43 Å². The van der Waals surface area contributed by atoms with Gasteiger partial charge in [-0.2, -0.15) is 14.7 Å². The summed E-state index contributed by atoms with van der Waals surface area (Å²) in [7, 11) is -4.06. The van der Waals surface area contributed by atoms with E-state index in [1.807, 2.05) is 6.07 Å². The number of carbonyl (C=O) groups is 1. The van der Waals surface area contributed by atoms with Crippen molar-refractivity contribution >= 4 is 26.8 Å². The zero-order chi connectivity index (χ0) is 21.7. The smallest absolute Gasteiger partial charge is 0.291 e. The molecule has 30 heavy (non-hydrogen) atoms. The van der Waals surface area contributed by atoms with E-state index in [2.05, 4.69) is 16.7 Å². The fourth-order valence-electron chi connectivity index (χ4n) is 3.19. The second kappa shape index (κ2) is 6.93. The quantitative estimate of drug-likeness (QED) is 0.601. The highest BCUT2D eigenvalue weighted by Gasteiger charge is 2.46. The maximum atomic E-state index is 12.9. The summed E-state index contributed by atoms with van der Waals surface area (Å²) in [6, 6.07) is 5.81. The minimum Gasteiger partial charge on any atom is -0.291 e. The average molecular weight is 429 g/mol. The van der Waals surface area contributed by atoms with Crippen LogP contribution in [0.15, 0.2) is 45.3 Å². The van der Waals surface area contributed by atoms with Gasteiger partial charge in [0.05, 0.1) is 21.9 Å². The van der Waals surface area contributed by atoms with Crippen LogP contribution in [0.3, 0.4) is 0 Å². The van der Waals surface area contributed by atoms with Gasteiger partial charge in [-0.25, -0.2) is 13.2 Å². The SMILES string of the molecule is C=CC(=O)Nn1c(=O)c2cc(S(=O)(=O)NC3(C#N)CC3)ccc2n(CC2CC2)c1=O. The molecule has 0 unspecified atom stereocenters. The number of amides is 1. The molecule has 156 valence electrons. The van der Waals surface area contributed by atoms with Crippen LogP contribution in [-0.2, 0) is 21.4 Å². The molecule has 2 fully saturated rings. The molecule has 1 aromatic carbocycles. The van der Waals surface area contributed by atoms with Crippen LogP contribution in [0.1, 0.15) is 25.7 Å². The van der Waals surface area contributed by atoms with Crippen molar-refractivity contribution in [3.05, 3.63) is 51.7 Å². The summed E-state index contributed by atoms with van der Waals surface area (Å²) < 4.78 is 29.8. The number of nitrogens with one attached hydrogen (secondary N) is 2. The van der Waals surface area contributed by atoms with Crippen LogP contribution in [-0.4, -0.2) is 29.1 Å². The number of aromatic nitrogens is 2. The van der Waals surface area contributed by atoms with Crippen molar-refractivity contribution in [1.82, 2.24) is 14.0 Å². The number of nitrogens with zero attached hydrogens (tertiary/aromatic N) is 3. The highest BCUT2D eigenvalue weighted by Crippen LogP contribution is 2.36. The predicted octanol–water partition coefficient (Wildman–Crippen LogP) is 0.164. The normalized spacial score (nSPS) is 17.3. The third kappa shape index (κ3) is 3.55. The second-order valence-corrected chi connectivity index (χ2v) is 9.32. The molecule has 2 aliphatic carbocycles. The van der Waals surface area contributed by atoms with E-state index >= 15 is 0 Å². The van der Waals surface area contributed by atoms with Gasteiger partial charge in [0.15, 0.2) is 0 Å². The molecule has 4 rings (SSSR count). The Morgan fingerprint density at radius 1 is 1.33 bits per heavy atom. The molecule has 1 heterocycles. The Bertz CT molecular complexity index is 1340. The first-order valence-corrected chi connectivity index (χ1v) is 10.9. The molecular weight excluding hydrogens is 410 g/mol. The maximum Gasteiger partial charge on any atom is 0.350 e. The third-order valence-corrected chi connectivity index (χ3v) is 6.80. The Balaban J connectivity index is 1.89. The average Bonchev–Trinajstić information content (AvgIpc) is 3.65. The number of carbonyl (C=O) groups excluding carboxylic acids is 1. The lowest BCUT2D eigenvalue weighted by atomic mass is 10.2. The number of benzene rings is 1. The van der Waals surface area contributed by atoms with Crippen molar-refractivity contribution < 1.29 is 13.2 Å². The number of sulfonamides is 1. The molecule has 1 aromatic heterocycles. The second-order valence-electron chi connectivity index (χ2n) is 7.64. The van der Waals surface area contributed by atoms with Gasteiger partial charge in [0.1, 0.15) is 5.54 Å². The van der Waals surface area contributed by atoms with Crippen LogP contribution in [0.4, 0.5) is 0 Å². The Labute approximate surface area is 171 Å². The zero-order valence-electron chi connectivity index (χ0n) is 15.9. The number of hydrogen-bond acceptors (Lipinski definition) is 6. The van der Waals surface area contributed by atoms with Gasteiger partial charge in [-0.15, -0.1) is 0 Å². The first-order chi connectivity index (χ1) is 14.2. The van der Waals surface area contributed by atoms with Crippen LogP contribution in [0.5, 0.6) is 0 Å². The van der Waals surface area contributed by atoms with Crippen LogP contribution in [0, 0.1) is 17.2 Å². The topological polar surface area (TPSA) is 143 Å². The first kappa shape index (κ1) is 20.1. The van der Waals surface area contributed by atoms with Gasteiger partial charge in [-0.1, -0.05) is 6.58 Å². The van der Waals surface area contributed by atoms with Gasteiger partial charge in [0, 0.05) is 6.54 Å². The van der Waals surface area contributed by atoms with E-state index in [1.165, 1.54) is 16.7 Å². The largest absolute Gasteiger partial charge is 0.350 e. The van der Waals surface area contributed by atoms with E-state index in [9.17, 15) is 22.8 Å². The Morgan fingerprint density at radius 2 is 2.03 bits per heavy atom. The number of hydrogen-bond donors (Lipinski definition) is 2. The van der Waals surface area contributed by atoms with E-state index in [0.29, 0.717) is 24.1 Å². The third-order valence-electron chi connectivity index (χ3n) is 5.26. The van der Waals surface area contributed by atoms with E-state index in [0.717, 1.165) is 25.0 Å². The summed E-state index contributed by atoms with van der Waals surface area (Å²) in [6.07, 6.45) is 3.63. The standard InChI is InChI=1S/C19H19N5O5S/c1-2-16(25)21-24-17(26)14-9-13(30(28,29)22-19(11-20)7-8-19)5-6-15(14)23(18(24)27)10-12-3-4-12/h2,5-6,9,12,22H,1,3-4,7-8,10H2,(H,21,25). The molecule has 2 N–H and O–H groups in total. The number of rotatable bonds is 7. The minimum atomic E-state index is -4.06. The van der Waals surface area contributed by atoms with Crippen molar-refractivity contribution in [3.8, 4) is 6.07 Å². The fraction of sp³-hybridized carbons (Fsp3) is 0.368. The molecule has 0 aliphatic heterocycles. The maximum absolute atomic E-state index is 12.9. The summed E-state index contributed by atoms with van der Waals surface area (Å²) in [6.45, 7) is 3.65. The Kier molecular flexibility index (Phi) is 4.63. The van der Waals surface area contributed by atoms with Gasteiger partial charge in [0.2, 0.25) is 10.0 Å². The highest BCUT2D eigenvalue weighted by molar-refractivity contribution is 7.89. The van der Waals surface area contributed by atoms with Gasteiger partial charge < -0.3 is 0 Å². The molecule has 0 radical (unpaired) electrons. The summed E-state index contributed by atoms with van der Waals surface area (Å²) in [5, 5.41) is 9.13. The molecular formula is C19H19N5O5S. The molecule has 0 bridgehead atoms. The van der Waals surface area contributed by atoms with Gasteiger partial charge in [-0.05, 0) is 55.9 Å². The lowest BCUT2D eigenvalue weighted by Gasteiger charge is -2.15. The summed E-state index contributed by atoms with van der Waals surface area (Å²) in [5.74, 6) is -0.468. The van der Waals surface area contributed by atoms with E-state index in [-0.39, 0.29) is 21.7 Å². The first-order valence-electron chi connectivity index (χ1n) is 9.38. The van der Waals surface area contributed by atoms with Crippen LogP contribution in [0.2, 0.25) is 0 Å². The lowest BCUT2D eigenvalue weighted by Crippen LogP contribution is -2.46. The van der Waals surface area contributed by atoms with Crippen molar-refractivity contribution in [1.29, 1.82) is 5.26 Å². The van der Waals surface area contributed by atoms with Gasteiger partial charge >= 0.3 is 5.69 Å². The number of fused-ring (bicyclic) bond motifs is 1. The molecule has 2 aliphatic rings. The molecule has 10 nitrogen and oxygen atoms in total. The Morgan fingerprint density at radius 3 is 2.60 bits per heavy atom. The molecule has 2 saturated carbocycles. The van der Waals surface area contributed by atoms with Crippen molar-refractivity contribution in [2.24, 2.45) is 5.92 Å². The van der Waals surface area contributed by atoms with Gasteiger partial charge in [0.25, 0.3) is 11.5 Å². The highest BCUT2D eigenvalue weighted by atomic mass is 32.2. The predicted molar refractivity (Wildman–Crippen MR) is 108 cm³/mol. The summed E-state index contributed by atoms with van der Waals surface area (Å²) >= 11 is 0. The Hall–Kier alpha value is -3.23. The molecule has 0 spiro atoms. The number of nitriles is 1. The van der Waals surface area contributed by atoms with Crippen LogP contribution < -0.4 is 21.4 Å².